The van der Waals surface area contributed by atoms with Crippen molar-refractivity contribution in [2.75, 3.05) is 0 Å². The van der Waals surface area contributed by atoms with E-state index in [0.717, 1.165) is 66.2 Å². The van der Waals surface area contributed by atoms with Gasteiger partial charge in [-0.2, -0.15) is 0 Å². The zero-order valence-electron chi connectivity index (χ0n) is 30.7. The first-order valence-corrected chi connectivity index (χ1v) is 19.2. The molecule has 4 aromatic heterocycles. The van der Waals surface area contributed by atoms with Gasteiger partial charge in [-0.15, -0.1) is 0 Å². The molecule has 0 unspecified atom stereocenters. The SMILES string of the molecule is c1ccc(-c2cccc(-c3nc(-n4c5ccccc5c5cc(-c6ccc7c(c6)c6ccccc6n7-c6ccccc6)ccc54)c4oc5ccccc5c4n3)c2)cc1. The van der Waals surface area contributed by atoms with Gasteiger partial charge in [0.25, 0.3) is 0 Å². The van der Waals surface area contributed by atoms with Crippen molar-refractivity contribution in [2.24, 2.45) is 0 Å². The molecule has 0 aliphatic heterocycles. The molecule has 12 aromatic rings. The van der Waals surface area contributed by atoms with Crippen molar-refractivity contribution in [3.63, 3.8) is 0 Å². The molecule has 0 bridgehead atoms. The summed E-state index contributed by atoms with van der Waals surface area (Å²) in [6.45, 7) is 0. The Morgan fingerprint density at radius 1 is 0.351 bits per heavy atom. The van der Waals surface area contributed by atoms with Gasteiger partial charge in [-0.05, 0) is 89.0 Å². The van der Waals surface area contributed by atoms with E-state index in [1.165, 1.54) is 27.4 Å². The van der Waals surface area contributed by atoms with Crippen molar-refractivity contribution in [1.82, 2.24) is 19.1 Å². The van der Waals surface area contributed by atoms with Gasteiger partial charge >= 0.3 is 0 Å². The minimum absolute atomic E-state index is 0.646. The maximum atomic E-state index is 6.64. The van der Waals surface area contributed by atoms with Crippen LogP contribution in [0, 0.1) is 0 Å². The number of benzene rings is 8. The third-order valence-corrected chi connectivity index (χ3v) is 11.3. The smallest absolute Gasteiger partial charge is 0.197 e. The average molecular weight is 729 g/mol. The number of hydrogen-bond acceptors (Lipinski definition) is 3. The molecule has 0 radical (unpaired) electrons. The predicted octanol–water partition coefficient (Wildman–Crippen LogP) is 13.6. The maximum Gasteiger partial charge on any atom is 0.197 e. The largest absolute Gasteiger partial charge is 0.450 e. The number of para-hydroxylation sites is 4. The van der Waals surface area contributed by atoms with Crippen molar-refractivity contribution in [3.05, 3.63) is 194 Å². The van der Waals surface area contributed by atoms with Gasteiger partial charge in [0.15, 0.2) is 17.2 Å². The van der Waals surface area contributed by atoms with Gasteiger partial charge < -0.3 is 8.98 Å². The Morgan fingerprint density at radius 2 is 0.877 bits per heavy atom. The molecule has 4 heterocycles. The molecule has 0 aliphatic rings. The number of hydrogen-bond donors (Lipinski definition) is 0. The topological polar surface area (TPSA) is 48.8 Å². The minimum Gasteiger partial charge on any atom is -0.450 e. The first kappa shape index (κ1) is 31.6. The van der Waals surface area contributed by atoms with Gasteiger partial charge in [-0.25, -0.2) is 9.97 Å². The van der Waals surface area contributed by atoms with Crippen molar-refractivity contribution < 1.29 is 4.42 Å². The van der Waals surface area contributed by atoms with E-state index in [4.69, 9.17) is 14.4 Å². The van der Waals surface area contributed by atoms with E-state index in [2.05, 4.69) is 179 Å². The monoisotopic (exact) mass is 728 g/mol. The Kier molecular flexibility index (Phi) is 6.86. The summed E-state index contributed by atoms with van der Waals surface area (Å²) in [7, 11) is 0. The summed E-state index contributed by atoms with van der Waals surface area (Å²) in [5.74, 6) is 1.36. The van der Waals surface area contributed by atoms with Crippen LogP contribution >= 0.6 is 0 Å². The number of nitrogens with zero attached hydrogens (tertiary/aromatic N) is 4. The van der Waals surface area contributed by atoms with Crippen LogP contribution in [0.2, 0.25) is 0 Å². The summed E-state index contributed by atoms with van der Waals surface area (Å²) in [5, 5.41) is 5.71. The summed E-state index contributed by atoms with van der Waals surface area (Å²) < 4.78 is 11.3. The van der Waals surface area contributed by atoms with E-state index in [1.54, 1.807) is 0 Å². The molecular formula is C52H32N4O. The van der Waals surface area contributed by atoms with Crippen LogP contribution in [0.4, 0.5) is 0 Å². The van der Waals surface area contributed by atoms with Crippen LogP contribution in [0.3, 0.4) is 0 Å². The Morgan fingerprint density at radius 3 is 1.60 bits per heavy atom. The second-order valence-corrected chi connectivity index (χ2v) is 14.6. The fourth-order valence-corrected chi connectivity index (χ4v) is 8.71. The van der Waals surface area contributed by atoms with E-state index >= 15 is 0 Å². The minimum atomic E-state index is 0.646. The summed E-state index contributed by atoms with van der Waals surface area (Å²) in [6.07, 6.45) is 0. The molecule has 0 saturated heterocycles. The maximum absolute atomic E-state index is 6.64. The highest BCUT2D eigenvalue weighted by Gasteiger charge is 2.23. The molecule has 0 atom stereocenters. The van der Waals surface area contributed by atoms with Gasteiger partial charge in [0.1, 0.15) is 11.1 Å². The van der Waals surface area contributed by atoms with Gasteiger partial charge in [-0.1, -0.05) is 127 Å². The van der Waals surface area contributed by atoms with Crippen LogP contribution in [0.25, 0.3) is 111 Å². The number of rotatable bonds is 5. The van der Waals surface area contributed by atoms with Crippen molar-refractivity contribution in [2.45, 2.75) is 0 Å². The molecule has 8 aromatic carbocycles. The molecular weight excluding hydrogens is 697 g/mol. The van der Waals surface area contributed by atoms with E-state index in [9.17, 15) is 0 Å². The summed E-state index contributed by atoms with van der Waals surface area (Å²) in [6, 6.07) is 68.5. The fourth-order valence-electron chi connectivity index (χ4n) is 8.71. The van der Waals surface area contributed by atoms with Crippen LogP contribution in [0.5, 0.6) is 0 Å². The lowest BCUT2D eigenvalue weighted by atomic mass is 10.0. The quantitative estimate of drug-likeness (QED) is 0.177. The molecule has 0 N–H and O–H groups in total. The molecule has 12 rings (SSSR count). The highest BCUT2D eigenvalue weighted by atomic mass is 16.3. The normalized spacial score (nSPS) is 11.9. The molecule has 5 nitrogen and oxygen atoms in total. The molecule has 5 heteroatoms. The average Bonchev–Trinajstić information content (AvgIpc) is 3.94. The second kappa shape index (κ2) is 12.4. The Balaban J connectivity index is 1.07. The lowest BCUT2D eigenvalue weighted by molar-refractivity contribution is 0.662. The Labute approximate surface area is 327 Å². The van der Waals surface area contributed by atoms with E-state index in [1.807, 2.05) is 24.3 Å². The van der Waals surface area contributed by atoms with E-state index in [0.29, 0.717) is 17.2 Å². The second-order valence-electron chi connectivity index (χ2n) is 14.6. The Bertz CT molecular complexity index is 3520. The van der Waals surface area contributed by atoms with E-state index < -0.39 is 0 Å². The van der Waals surface area contributed by atoms with Gasteiger partial charge in [0.05, 0.1) is 22.1 Å². The molecule has 57 heavy (non-hydrogen) atoms. The molecule has 0 aliphatic carbocycles. The third kappa shape index (κ3) is 4.89. The van der Waals surface area contributed by atoms with E-state index in [-0.39, 0.29) is 0 Å². The van der Waals surface area contributed by atoms with Crippen molar-refractivity contribution in [1.29, 1.82) is 0 Å². The third-order valence-electron chi connectivity index (χ3n) is 11.3. The summed E-state index contributed by atoms with van der Waals surface area (Å²) in [5.41, 5.74) is 13.4. The van der Waals surface area contributed by atoms with Gasteiger partial charge in [0, 0.05) is 38.2 Å². The van der Waals surface area contributed by atoms with Crippen LogP contribution in [0.1, 0.15) is 0 Å². The highest BCUT2D eigenvalue weighted by Crippen LogP contribution is 2.41. The van der Waals surface area contributed by atoms with Crippen LogP contribution in [0.15, 0.2) is 199 Å². The van der Waals surface area contributed by atoms with Crippen LogP contribution in [-0.4, -0.2) is 19.1 Å². The number of furan rings is 1. The van der Waals surface area contributed by atoms with Crippen LogP contribution < -0.4 is 0 Å². The number of fused-ring (bicyclic) bond motifs is 9. The summed E-state index contributed by atoms with van der Waals surface area (Å²) >= 11 is 0. The molecule has 0 spiro atoms. The molecule has 0 saturated carbocycles. The molecule has 266 valence electrons. The standard InChI is InChI=1S/C52H32N4O/c1-3-14-33(15-4-1)34-16-13-17-37(30-34)51-53-49-41-22-9-12-25-48(41)57-50(49)52(54-51)56-45-24-11-8-21-40(45)43-32-36(27-29-47(43)56)35-26-28-46-42(31-35)39-20-7-10-23-44(39)55(46)38-18-5-2-6-19-38/h1-32H. The lowest BCUT2D eigenvalue weighted by Gasteiger charge is -2.11. The fraction of sp³-hybridized carbons (Fsp3) is 0. The van der Waals surface area contributed by atoms with Crippen molar-refractivity contribution >= 4 is 65.7 Å². The lowest BCUT2D eigenvalue weighted by Crippen LogP contribution is -2.02. The number of aromatic nitrogens is 4. The van der Waals surface area contributed by atoms with Crippen LogP contribution in [-0.2, 0) is 0 Å². The van der Waals surface area contributed by atoms with Crippen molar-refractivity contribution in [3.8, 4) is 45.1 Å². The zero-order chi connectivity index (χ0) is 37.5. The highest BCUT2D eigenvalue weighted by molar-refractivity contribution is 6.14. The first-order chi connectivity index (χ1) is 28.3. The predicted molar refractivity (Wildman–Crippen MR) is 234 cm³/mol. The molecule has 0 fully saturated rings. The first-order valence-electron chi connectivity index (χ1n) is 19.2. The molecule has 0 amide bonds. The Hall–Kier alpha value is -7.76. The van der Waals surface area contributed by atoms with Gasteiger partial charge in [-0.3, -0.25) is 4.57 Å². The van der Waals surface area contributed by atoms with Gasteiger partial charge in [0.2, 0.25) is 0 Å². The summed E-state index contributed by atoms with van der Waals surface area (Å²) in [4.78, 5) is 10.6. The zero-order valence-corrected chi connectivity index (χ0v) is 30.7.